The van der Waals surface area contributed by atoms with Crippen molar-refractivity contribution in [3.8, 4) is 6.07 Å². The zero-order chi connectivity index (χ0) is 13.7. The predicted molar refractivity (Wildman–Crippen MR) is 70.1 cm³/mol. The largest absolute Gasteiger partial charge is 0.358 e. The number of pyridine rings is 1. The Labute approximate surface area is 107 Å². The Morgan fingerprint density at radius 3 is 2.67 bits per heavy atom. The van der Waals surface area contributed by atoms with Crippen molar-refractivity contribution >= 4 is 11.7 Å². The van der Waals surface area contributed by atoms with Crippen LogP contribution in [-0.2, 0) is 4.79 Å². The smallest absolute Gasteiger partial charge is 0.242 e. The first kappa shape index (κ1) is 14.0. The molecule has 1 atom stereocenters. The molecule has 5 nitrogen and oxygen atoms in total. The van der Waals surface area contributed by atoms with Gasteiger partial charge in [0.1, 0.15) is 17.9 Å². The van der Waals surface area contributed by atoms with E-state index in [-0.39, 0.29) is 11.9 Å². The van der Waals surface area contributed by atoms with Gasteiger partial charge < -0.3 is 10.6 Å². The second kappa shape index (κ2) is 6.01. The van der Waals surface area contributed by atoms with Gasteiger partial charge in [0.2, 0.25) is 5.91 Å². The van der Waals surface area contributed by atoms with Gasteiger partial charge in [0, 0.05) is 12.2 Å². The fraction of sp³-hybridized carbons (Fsp3) is 0.462. The molecule has 0 spiro atoms. The van der Waals surface area contributed by atoms with E-state index in [9.17, 15) is 4.79 Å². The van der Waals surface area contributed by atoms with Crippen LogP contribution < -0.4 is 10.6 Å². The van der Waals surface area contributed by atoms with Crippen LogP contribution in [0.25, 0.3) is 0 Å². The summed E-state index contributed by atoms with van der Waals surface area (Å²) in [7, 11) is 0. The third kappa shape index (κ3) is 3.45. The van der Waals surface area contributed by atoms with E-state index >= 15 is 0 Å². The van der Waals surface area contributed by atoms with Gasteiger partial charge in [-0.25, -0.2) is 4.98 Å². The molecule has 0 aliphatic rings. The summed E-state index contributed by atoms with van der Waals surface area (Å²) < 4.78 is 0. The van der Waals surface area contributed by atoms with Crippen molar-refractivity contribution < 1.29 is 4.79 Å². The molecule has 0 saturated heterocycles. The molecule has 5 heteroatoms. The molecule has 1 aromatic rings. The quantitative estimate of drug-likeness (QED) is 0.845. The van der Waals surface area contributed by atoms with Gasteiger partial charge in [0.25, 0.3) is 0 Å². The SMILES string of the molecule is Cc1ccnc(NC(C)C(=O)NC(C)C)c1C#N. The van der Waals surface area contributed by atoms with Crippen LogP contribution in [0, 0.1) is 18.3 Å². The third-order valence-corrected chi connectivity index (χ3v) is 2.45. The summed E-state index contributed by atoms with van der Waals surface area (Å²) in [5.74, 6) is 0.334. The van der Waals surface area contributed by atoms with Crippen molar-refractivity contribution in [3.63, 3.8) is 0 Å². The average Bonchev–Trinajstić information content (AvgIpc) is 2.28. The molecule has 1 amide bonds. The number of carbonyl (C=O) groups is 1. The third-order valence-electron chi connectivity index (χ3n) is 2.45. The minimum Gasteiger partial charge on any atom is -0.358 e. The van der Waals surface area contributed by atoms with Gasteiger partial charge >= 0.3 is 0 Å². The molecule has 0 fully saturated rings. The Morgan fingerprint density at radius 2 is 2.11 bits per heavy atom. The fourth-order valence-corrected chi connectivity index (χ4v) is 1.49. The number of aromatic nitrogens is 1. The molecule has 1 rings (SSSR count). The number of nitrogens with one attached hydrogen (secondary N) is 2. The lowest BCUT2D eigenvalue weighted by atomic mass is 10.1. The molecule has 2 N–H and O–H groups in total. The number of hydrogen-bond donors (Lipinski definition) is 2. The molecular weight excluding hydrogens is 228 g/mol. The van der Waals surface area contributed by atoms with Gasteiger partial charge in [-0.2, -0.15) is 5.26 Å². The summed E-state index contributed by atoms with van der Waals surface area (Å²) in [5, 5.41) is 14.8. The summed E-state index contributed by atoms with van der Waals surface area (Å²) in [4.78, 5) is 15.9. The first-order valence-corrected chi connectivity index (χ1v) is 5.88. The lowest BCUT2D eigenvalue weighted by Gasteiger charge is -2.17. The lowest BCUT2D eigenvalue weighted by molar-refractivity contribution is -0.122. The number of carbonyl (C=O) groups excluding carboxylic acids is 1. The van der Waals surface area contributed by atoms with E-state index in [2.05, 4.69) is 21.7 Å². The van der Waals surface area contributed by atoms with Crippen LogP contribution in [0.2, 0.25) is 0 Å². The summed E-state index contributed by atoms with van der Waals surface area (Å²) in [6.07, 6.45) is 1.62. The molecule has 18 heavy (non-hydrogen) atoms. The van der Waals surface area contributed by atoms with E-state index < -0.39 is 6.04 Å². The van der Waals surface area contributed by atoms with E-state index in [0.29, 0.717) is 11.4 Å². The Bertz CT molecular complexity index is 476. The molecule has 0 aliphatic heterocycles. The minimum atomic E-state index is -0.436. The van der Waals surface area contributed by atoms with Crippen LogP contribution in [0.1, 0.15) is 31.9 Å². The number of amides is 1. The van der Waals surface area contributed by atoms with Crippen LogP contribution in [0.4, 0.5) is 5.82 Å². The highest BCUT2D eigenvalue weighted by Gasteiger charge is 2.16. The van der Waals surface area contributed by atoms with Crippen molar-refractivity contribution in [2.45, 2.75) is 39.8 Å². The van der Waals surface area contributed by atoms with Gasteiger partial charge in [0.15, 0.2) is 0 Å². The fourth-order valence-electron chi connectivity index (χ4n) is 1.49. The van der Waals surface area contributed by atoms with Gasteiger partial charge in [-0.15, -0.1) is 0 Å². The molecule has 1 heterocycles. The topological polar surface area (TPSA) is 77.8 Å². The van der Waals surface area contributed by atoms with Crippen LogP contribution in [0.3, 0.4) is 0 Å². The first-order valence-electron chi connectivity index (χ1n) is 5.88. The van der Waals surface area contributed by atoms with Crippen LogP contribution in [0.15, 0.2) is 12.3 Å². The molecule has 0 aliphatic carbocycles. The summed E-state index contributed by atoms with van der Waals surface area (Å²) in [5.41, 5.74) is 1.31. The minimum absolute atomic E-state index is 0.0858. The summed E-state index contributed by atoms with van der Waals surface area (Å²) in [6.45, 7) is 7.37. The van der Waals surface area contributed by atoms with Crippen molar-refractivity contribution in [2.24, 2.45) is 0 Å². The maximum atomic E-state index is 11.8. The predicted octanol–water partition coefficient (Wildman–Crippen LogP) is 1.59. The molecule has 0 saturated carbocycles. The number of anilines is 1. The molecule has 1 aromatic heterocycles. The Morgan fingerprint density at radius 1 is 1.44 bits per heavy atom. The van der Waals surface area contributed by atoms with Gasteiger partial charge in [-0.1, -0.05) is 0 Å². The Hall–Kier alpha value is -2.09. The molecule has 0 aromatic carbocycles. The monoisotopic (exact) mass is 246 g/mol. The second-order valence-electron chi connectivity index (χ2n) is 4.49. The van der Waals surface area contributed by atoms with Gasteiger partial charge in [0.05, 0.1) is 5.56 Å². The maximum absolute atomic E-state index is 11.8. The molecule has 0 bridgehead atoms. The van der Waals surface area contributed by atoms with Crippen molar-refractivity contribution in [1.82, 2.24) is 10.3 Å². The van der Waals surface area contributed by atoms with Gasteiger partial charge in [-0.3, -0.25) is 4.79 Å². The summed E-state index contributed by atoms with van der Waals surface area (Å²) >= 11 is 0. The number of rotatable bonds is 4. The number of nitrogens with zero attached hydrogens (tertiary/aromatic N) is 2. The molecular formula is C13H18N4O. The molecule has 0 radical (unpaired) electrons. The van der Waals surface area contributed by atoms with E-state index in [1.54, 1.807) is 19.2 Å². The number of nitriles is 1. The van der Waals surface area contributed by atoms with E-state index in [0.717, 1.165) is 5.56 Å². The maximum Gasteiger partial charge on any atom is 0.242 e. The Kier molecular flexibility index (Phi) is 4.67. The highest BCUT2D eigenvalue weighted by atomic mass is 16.2. The zero-order valence-electron chi connectivity index (χ0n) is 11.1. The number of aryl methyl sites for hydroxylation is 1. The van der Waals surface area contributed by atoms with E-state index in [1.165, 1.54) is 0 Å². The summed E-state index contributed by atoms with van der Waals surface area (Å²) in [6, 6.07) is 3.51. The standard InChI is InChI=1S/C13H18N4O/c1-8(2)16-13(18)10(4)17-12-11(7-14)9(3)5-6-15-12/h5-6,8,10H,1-4H3,(H,15,17)(H,16,18). The van der Waals surface area contributed by atoms with E-state index in [1.807, 2.05) is 20.8 Å². The van der Waals surface area contributed by atoms with Crippen LogP contribution >= 0.6 is 0 Å². The van der Waals surface area contributed by atoms with Gasteiger partial charge in [-0.05, 0) is 39.3 Å². The normalized spacial score (nSPS) is 11.8. The average molecular weight is 246 g/mol. The second-order valence-corrected chi connectivity index (χ2v) is 4.49. The highest BCUT2D eigenvalue weighted by Crippen LogP contribution is 2.15. The van der Waals surface area contributed by atoms with Crippen molar-refractivity contribution in [1.29, 1.82) is 5.26 Å². The van der Waals surface area contributed by atoms with Crippen LogP contribution in [-0.4, -0.2) is 23.0 Å². The van der Waals surface area contributed by atoms with Crippen LogP contribution in [0.5, 0.6) is 0 Å². The number of hydrogen-bond acceptors (Lipinski definition) is 4. The van der Waals surface area contributed by atoms with Crippen molar-refractivity contribution in [2.75, 3.05) is 5.32 Å². The Balaban J connectivity index is 2.83. The highest BCUT2D eigenvalue weighted by molar-refractivity contribution is 5.84. The molecule has 96 valence electrons. The zero-order valence-corrected chi connectivity index (χ0v) is 11.1. The van der Waals surface area contributed by atoms with Crippen molar-refractivity contribution in [3.05, 3.63) is 23.4 Å². The lowest BCUT2D eigenvalue weighted by Crippen LogP contribution is -2.41. The molecule has 1 unspecified atom stereocenters. The van der Waals surface area contributed by atoms with E-state index in [4.69, 9.17) is 5.26 Å². The first-order chi connectivity index (χ1) is 8.45.